The number of benzene rings is 2. The molecule has 2 atom stereocenters. The highest BCUT2D eigenvalue weighted by Gasteiger charge is 2.41. The van der Waals surface area contributed by atoms with Crippen molar-refractivity contribution in [3.05, 3.63) is 92.3 Å². The van der Waals surface area contributed by atoms with Crippen molar-refractivity contribution in [2.75, 3.05) is 26.4 Å². The number of carbonyl (C=O) groups excluding carboxylic acids is 3. The Bertz CT molecular complexity index is 1410. The highest BCUT2D eigenvalue weighted by atomic mass is 16.6. The van der Waals surface area contributed by atoms with Crippen molar-refractivity contribution in [1.82, 2.24) is 10.6 Å². The van der Waals surface area contributed by atoms with E-state index in [1.165, 1.54) is 30.3 Å². The Labute approximate surface area is 236 Å². The van der Waals surface area contributed by atoms with Crippen LogP contribution in [-0.2, 0) is 23.8 Å². The largest absolute Gasteiger partial charge is 0.507 e. The summed E-state index contributed by atoms with van der Waals surface area (Å²) in [6.45, 7) is 3.52. The molecule has 2 heterocycles. The van der Waals surface area contributed by atoms with Crippen molar-refractivity contribution in [1.29, 1.82) is 0 Å². The molecule has 0 aliphatic carbocycles. The fraction of sp³-hybridized carbons (Fsp3) is 0.345. The third-order valence-electron chi connectivity index (χ3n) is 6.84. The lowest BCUT2D eigenvalue weighted by Crippen LogP contribution is -2.34. The molecule has 2 aliphatic heterocycles. The van der Waals surface area contributed by atoms with Crippen molar-refractivity contribution in [2.24, 2.45) is 0 Å². The van der Waals surface area contributed by atoms with Gasteiger partial charge in [0.2, 0.25) is 0 Å². The fourth-order valence-electron chi connectivity index (χ4n) is 4.91. The number of nitrogens with one attached hydrogen (secondary N) is 2. The molecule has 0 aromatic heterocycles. The van der Waals surface area contributed by atoms with Crippen LogP contribution >= 0.6 is 0 Å². The van der Waals surface area contributed by atoms with Crippen molar-refractivity contribution >= 4 is 23.5 Å². The van der Waals surface area contributed by atoms with Gasteiger partial charge < -0.3 is 30.0 Å². The van der Waals surface area contributed by atoms with Gasteiger partial charge in [0.15, 0.2) is 0 Å². The summed E-state index contributed by atoms with van der Waals surface area (Å²) in [6.07, 6.45) is 1.36. The lowest BCUT2D eigenvalue weighted by Gasteiger charge is -2.30. The lowest BCUT2D eigenvalue weighted by molar-refractivity contribution is -0.385. The number of ether oxygens (including phenoxy) is 3. The molecular formula is C29H31N3O9. The summed E-state index contributed by atoms with van der Waals surface area (Å²) < 4.78 is 16.5. The molecular weight excluding hydrogens is 534 g/mol. The first kappa shape index (κ1) is 29.3. The highest BCUT2D eigenvalue weighted by molar-refractivity contribution is 6.00. The van der Waals surface area contributed by atoms with Gasteiger partial charge in [-0.25, -0.2) is 9.59 Å². The zero-order valence-electron chi connectivity index (χ0n) is 22.7. The van der Waals surface area contributed by atoms with Gasteiger partial charge in [0.25, 0.3) is 11.6 Å². The SMILES string of the molecule is CC1=C(C(=O)OCCNC(=O)c2ccccc2O)[C@H](c2ccccc2[N+](=O)[O-])C(C(=O)OC[C@H]2CCCO2)=C(C)N1. The number of phenols is 1. The molecule has 4 rings (SSSR count). The Morgan fingerprint density at radius 3 is 2.37 bits per heavy atom. The first-order valence-electron chi connectivity index (χ1n) is 13.1. The van der Waals surface area contributed by atoms with E-state index in [4.69, 9.17) is 14.2 Å². The van der Waals surface area contributed by atoms with Crippen molar-refractivity contribution in [3.8, 4) is 5.75 Å². The second kappa shape index (κ2) is 13.1. The summed E-state index contributed by atoms with van der Waals surface area (Å²) >= 11 is 0. The summed E-state index contributed by atoms with van der Waals surface area (Å²) in [5.41, 5.74) is 0.700. The van der Waals surface area contributed by atoms with E-state index in [1.54, 1.807) is 32.0 Å². The summed E-state index contributed by atoms with van der Waals surface area (Å²) in [4.78, 5) is 50.6. The number of aromatic hydroxyl groups is 1. The van der Waals surface area contributed by atoms with Crippen LogP contribution in [0.2, 0.25) is 0 Å². The van der Waals surface area contributed by atoms with Gasteiger partial charge in [-0.1, -0.05) is 30.3 Å². The molecule has 41 heavy (non-hydrogen) atoms. The number of dihydropyridines is 1. The smallest absolute Gasteiger partial charge is 0.336 e. The van der Waals surface area contributed by atoms with Gasteiger partial charge in [-0.2, -0.15) is 0 Å². The molecule has 0 bridgehead atoms. The van der Waals surface area contributed by atoms with E-state index in [1.807, 2.05) is 0 Å². The molecule has 0 saturated carbocycles. The number of nitro benzene ring substituents is 1. The summed E-state index contributed by atoms with van der Waals surface area (Å²) in [7, 11) is 0. The molecule has 2 aromatic carbocycles. The third kappa shape index (κ3) is 6.72. The Kier molecular flexibility index (Phi) is 9.35. The predicted octanol–water partition coefficient (Wildman–Crippen LogP) is 3.23. The molecule has 12 nitrogen and oxygen atoms in total. The average Bonchev–Trinajstić information content (AvgIpc) is 3.47. The molecule has 216 valence electrons. The van der Waals surface area contributed by atoms with Gasteiger partial charge in [0, 0.05) is 29.6 Å². The van der Waals surface area contributed by atoms with Crippen LogP contribution in [0.25, 0.3) is 0 Å². The zero-order valence-corrected chi connectivity index (χ0v) is 22.7. The molecule has 1 saturated heterocycles. The molecule has 0 spiro atoms. The molecule has 2 aromatic rings. The van der Waals surface area contributed by atoms with Crippen LogP contribution in [0.4, 0.5) is 5.69 Å². The van der Waals surface area contributed by atoms with Gasteiger partial charge in [-0.15, -0.1) is 0 Å². The Hall–Kier alpha value is -4.71. The molecule has 3 N–H and O–H groups in total. The highest BCUT2D eigenvalue weighted by Crippen LogP contribution is 2.42. The predicted molar refractivity (Wildman–Crippen MR) is 146 cm³/mol. The number of phenolic OH excluding ortho intramolecular Hbond substituents is 1. The Morgan fingerprint density at radius 1 is 1.05 bits per heavy atom. The van der Waals surface area contributed by atoms with Crippen molar-refractivity contribution in [2.45, 2.75) is 38.7 Å². The maximum Gasteiger partial charge on any atom is 0.336 e. The lowest BCUT2D eigenvalue weighted by atomic mass is 9.79. The number of hydrogen-bond acceptors (Lipinski definition) is 10. The topological polar surface area (TPSA) is 166 Å². The maximum absolute atomic E-state index is 13.4. The minimum absolute atomic E-state index is 0.000923. The first-order valence-corrected chi connectivity index (χ1v) is 13.1. The number of nitro groups is 1. The minimum Gasteiger partial charge on any atom is -0.507 e. The van der Waals surface area contributed by atoms with Gasteiger partial charge in [0.1, 0.15) is 19.0 Å². The number of rotatable bonds is 10. The van der Waals surface area contributed by atoms with E-state index >= 15 is 0 Å². The Morgan fingerprint density at radius 2 is 1.71 bits per heavy atom. The van der Waals surface area contributed by atoms with Crippen LogP contribution in [0.3, 0.4) is 0 Å². The van der Waals surface area contributed by atoms with Crippen LogP contribution in [0.15, 0.2) is 71.1 Å². The van der Waals surface area contributed by atoms with Crippen LogP contribution in [0.1, 0.15) is 48.5 Å². The molecule has 12 heteroatoms. The first-order chi connectivity index (χ1) is 19.7. The average molecular weight is 566 g/mol. The number of carbonyl (C=O) groups is 3. The van der Waals surface area contributed by atoms with E-state index in [9.17, 15) is 29.6 Å². The van der Waals surface area contributed by atoms with E-state index in [-0.39, 0.29) is 59.6 Å². The molecule has 0 unspecified atom stereocenters. The number of esters is 2. The number of para-hydroxylation sites is 2. The Balaban J connectivity index is 1.56. The molecule has 2 aliphatic rings. The standard InChI is InChI=1S/C29H31N3O9/c1-17-24(28(35)40-15-13-30-27(34)21-10-4-6-12-23(21)33)26(20-9-3-5-11-22(20)32(37)38)25(18(2)31-17)29(36)41-16-19-8-7-14-39-19/h3-6,9-12,19,26,31,33H,7-8,13-16H2,1-2H3,(H,30,34)/t19-,26+/m1/s1. The molecule has 0 radical (unpaired) electrons. The van der Waals surface area contributed by atoms with Gasteiger partial charge in [-0.05, 0) is 38.8 Å². The normalized spacial score (nSPS) is 18.5. The molecule has 1 fully saturated rings. The molecule has 1 amide bonds. The third-order valence-corrected chi connectivity index (χ3v) is 6.84. The second-order valence-electron chi connectivity index (χ2n) is 9.59. The second-order valence-corrected chi connectivity index (χ2v) is 9.59. The van der Waals surface area contributed by atoms with E-state index < -0.39 is 28.7 Å². The quantitative estimate of drug-likeness (QED) is 0.168. The summed E-state index contributed by atoms with van der Waals surface area (Å²) in [5.74, 6) is -3.46. The number of nitrogens with zero attached hydrogens (tertiary/aromatic N) is 1. The van der Waals surface area contributed by atoms with E-state index in [0.717, 1.165) is 12.8 Å². The summed E-state index contributed by atoms with van der Waals surface area (Å²) in [5, 5.41) is 27.4. The summed E-state index contributed by atoms with van der Waals surface area (Å²) in [6, 6.07) is 11.9. The van der Waals surface area contributed by atoms with Crippen molar-refractivity contribution < 1.29 is 38.6 Å². The van der Waals surface area contributed by atoms with Crippen molar-refractivity contribution in [3.63, 3.8) is 0 Å². The zero-order chi connectivity index (χ0) is 29.5. The van der Waals surface area contributed by atoms with Crippen LogP contribution < -0.4 is 10.6 Å². The van der Waals surface area contributed by atoms with E-state index in [2.05, 4.69) is 10.6 Å². The minimum atomic E-state index is -1.15. The van der Waals surface area contributed by atoms with Crippen LogP contribution in [-0.4, -0.2) is 60.3 Å². The van der Waals surface area contributed by atoms with Gasteiger partial charge in [-0.3, -0.25) is 14.9 Å². The number of allylic oxidation sites excluding steroid dienone is 2. The van der Waals surface area contributed by atoms with Gasteiger partial charge in [0.05, 0.1) is 40.2 Å². The van der Waals surface area contributed by atoms with E-state index in [0.29, 0.717) is 18.0 Å². The monoisotopic (exact) mass is 565 g/mol. The fourth-order valence-corrected chi connectivity index (χ4v) is 4.91. The maximum atomic E-state index is 13.4. The van der Waals surface area contributed by atoms with Gasteiger partial charge >= 0.3 is 11.9 Å². The number of amides is 1. The van der Waals surface area contributed by atoms with Crippen LogP contribution in [0.5, 0.6) is 5.75 Å². The van der Waals surface area contributed by atoms with Crippen LogP contribution in [0, 0.1) is 10.1 Å². The number of hydrogen-bond donors (Lipinski definition) is 3.